The van der Waals surface area contributed by atoms with Crippen molar-refractivity contribution >= 4 is 15.9 Å². The minimum Gasteiger partial charge on any atom is -0.324 e. The summed E-state index contributed by atoms with van der Waals surface area (Å²) in [6.45, 7) is 3.50. The lowest BCUT2D eigenvalue weighted by Gasteiger charge is -2.35. The van der Waals surface area contributed by atoms with Crippen molar-refractivity contribution in [3.8, 4) is 0 Å². The van der Waals surface area contributed by atoms with Crippen molar-refractivity contribution in [3.05, 3.63) is 34.3 Å². The van der Waals surface area contributed by atoms with Gasteiger partial charge in [-0.25, -0.2) is 0 Å². The van der Waals surface area contributed by atoms with Crippen molar-refractivity contribution in [1.29, 1.82) is 0 Å². The third kappa shape index (κ3) is 4.29. The fourth-order valence-electron chi connectivity index (χ4n) is 2.91. The minimum absolute atomic E-state index is 0.122. The van der Waals surface area contributed by atoms with Gasteiger partial charge in [-0.05, 0) is 64.6 Å². The molecule has 1 aromatic rings. The summed E-state index contributed by atoms with van der Waals surface area (Å²) in [7, 11) is 4.37. The van der Waals surface area contributed by atoms with Crippen LogP contribution in [0, 0.1) is 0 Å². The van der Waals surface area contributed by atoms with E-state index in [4.69, 9.17) is 5.73 Å². The van der Waals surface area contributed by atoms with E-state index in [1.54, 1.807) is 0 Å². The molecule has 0 saturated carbocycles. The van der Waals surface area contributed by atoms with E-state index in [9.17, 15) is 0 Å². The lowest BCUT2D eigenvalue weighted by atomic mass is 10.0. The summed E-state index contributed by atoms with van der Waals surface area (Å²) in [5.74, 6) is 0. The van der Waals surface area contributed by atoms with Crippen LogP contribution in [0.5, 0.6) is 0 Å². The summed E-state index contributed by atoms with van der Waals surface area (Å²) >= 11 is 3.59. The third-order valence-corrected chi connectivity index (χ3v) is 5.07. The normalized spacial score (nSPS) is 19.4. The van der Waals surface area contributed by atoms with Gasteiger partial charge in [0.1, 0.15) is 0 Å². The fourth-order valence-corrected chi connectivity index (χ4v) is 3.49. The minimum atomic E-state index is 0.122. The fraction of sp³-hybridized carbons (Fsp3) is 0.625. The molecule has 0 radical (unpaired) electrons. The number of nitrogens with zero attached hydrogens (tertiary/aromatic N) is 2. The quantitative estimate of drug-likeness (QED) is 0.895. The van der Waals surface area contributed by atoms with Gasteiger partial charge in [0, 0.05) is 16.6 Å². The van der Waals surface area contributed by atoms with Gasteiger partial charge in [-0.1, -0.05) is 34.1 Å². The molecule has 4 heteroatoms. The van der Waals surface area contributed by atoms with Gasteiger partial charge in [-0.2, -0.15) is 0 Å². The molecular weight excluding hydrogens is 314 g/mol. The Morgan fingerprint density at radius 3 is 2.55 bits per heavy atom. The van der Waals surface area contributed by atoms with Crippen molar-refractivity contribution in [2.75, 3.05) is 33.7 Å². The first-order chi connectivity index (χ1) is 9.58. The molecule has 1 aliphatic heterocycles. The Kier molecular flexibility index (Phi) is 6.02. The van der Waals surface area contributed by atoms with Crippen molar-refractivity contribution in [2.45, 2.75) is 31.3 Å². The molecule has 1 fully saturated rings. The maximum Gasteiger partial charge on any atom is 0.0318 e. The van der Waals surface area contributed by atoms with E-state index >= 15 is 0 Å². The molecular formula is C16H26BrN3. The number of hydrogen-bond acceptors (Lipinski definition) is 3. The molecule has 1 aliphatic rings. The van der Waals surface area contributed by atoms with Gasteiger partial charge >= 0.3 is 0 Å². The molecule has 20 heavy (non-hydrogen) atoms. The second-order valence-electron chi connectivity index (χ2n) is 5.95. The molecule has 2 rings (SSSR count). The van der Waals surface area contributed by atoms with Gasteiger partial charge in [0.15, 0.2) is 0 Å². The van der Waals surface area contributed by atoms with Crippen LogP contribution >= 0.6 is 15.9 Å². The van der Waals surface area contributed by atoms with Crippen LogP contribution in [0.15, 0.2) is 28.7 Å². The maximum atomic E-state index is 6.32. The van der Waals surface area contributed by atoms with Crippen LogP contribution in [-0.4, -0.2) is 49.6 Å². The zero-order valence-corrected chi connectivity index (χ0v) is 14.1. The second-order valence-corrected chi connectivity index (χ2v) is 6.81. The zero-order valence-electron chi connectivity index (χ0n) is 12.6. The Morgan fingerprint density at radius 2 is 1.95 bits per heavy atom. The third-order valence-electron chi connectivity index (χ3n) is 4.35. The van der Waals surface area contributed by atoms with E-state index in [0.717, 1.165) is 23.5 Å². The van der Waals surface area contributed by atoms with Crippen LogP contribution in [0.4, 0.5) is 0 Å². The standard InChI is InChI=1S/C16H26BrN3/c1-19(2)13-7-10-20(11-8-13)12-9-16(18)14-5-3-4-6-15(14)17/h3-6,13,16H,7-12,18H2,1-2H3. The molecule has 0 aromatic heterocycles. The van der Waals surface area contributed by atoms with Crippen molar-refractivity contribution in [3.63, 3.8) is 0 Å². The number of likely N-dealkylation sites (tertiary alicyclic amines) is 1. The highest BCUT2D eigenvalue weighted by atomic mass is 79.9. The van der Waals surface area contributed by atoms with Crippen LogP contribution in [0.1, 0.15) is 30.9 Å². The van der Waals surface area contributed by atoms with Crippen molar-refractivity contribution < 1.29 is 0 Å². The van der Waals surface area contributed by atoms with Gasteiger partial charge in [-0.3, -0.25) is 0 Å². The molecule has 3 nitrogen and oxygen atoms in total. The molecule has 1 heterocycles. The highest BCUT2D eigenvalue weighted by molar-refractivity contribution is 9.10. The molecule has 0 spiro atoms. The summed E-state index contributed by atoms with van der Waals surface area (Å²) < 4.78 is 1.12. The predicted molar refractivity (Wildman–Crippen MR) is 88.8 cm³/mol. The van der Waals surface area contributed by atoms with Crippen molar-refractivity contribution in [2.24, 2.45) is 5.73 Å². The number of nitrogens with two attached hydrogens (primary N) is 1. The van der Waals surface area contributed by atoms with Gasteiger partial charge < -0.3 is 15.5 Å². The summed E-state index contributed by atoms with van der Waals surface area (Å²) in [4.78, 5) is 4.90. The van der Waals surface area contributed by atoms with Gasteiger partial charge in [-0.15, -0.1) is 0 Å². The molecule has 112 valence electrons. The number of halogens is 1. The highest BCUT2D eigenvalue weighted by Crippen LogP contribution is 2.24. The Hall–Kier alpha value is -0.420. The number of piperidine rings is 1. The van der Waals surface area contributed by atoms with Crippen molar-refractivity contribution in [1.82, 2.24) is 9.80 Å². The lowest BCUT2D eigenvalue weighted by Crippen LogP contribution is -2.42. The highest BCUT2D eigenvalue weighted by Gasteiger charge is 2.21. The first-order valence-corrected chi connectivity index (χ1v) is 8.26. The van der Waals surface area contributed by atoms with E-state index in [2.05, 4.69) is 58.0 Å². The number of rotatable bonds is 5. The largest absolute Gasteiger partial charge is 0.324 e. The summed E-state index contributed by atoms with van der Waals surface area (Å²) in [5.41, 5.74) is 7.54. The maximum absolute atomic E-state index is 6.32. The van der Waals surface area contributed by atoms with E-state index in [0.29, 0.717) is 0 Å². The van der Waals surface area contributed by atoms with Gasteiger partial charge in [0.05, 0.1) is 0 Å². The molecule has 2 N–H and O–H groups in total. The molecule has 0 aliphatic carbocycles. The average Bonchev–Trinajstić information content (AvgIpc) is 2.45. The van der Waals surface area contributed by atoms with E-state index in [-0.39, 0.29) is 6.04 Å². The van der Waals surface area contributed by atoms with Gasteiger partial charge in [0.25, 0.3) is 0 Å². The Morgan fingerprint density at radius 1 is 1.30 bits per heavy atom. The average molecular weight is 340 g/mol. The summed E-state index contributed by atoms with van der Waals surface area (Å²) in [6.07, 6.45) is 3.57. The van der Waals surface area contributed by atoms with Crippen LogP contribution in [0.25, 0.3) is 0 Å². The smallest absolute Gasteiger partial charge is 0.0318 e. The molecule has 1 aromatic carbocycles. The molecule has 1 saturated heterocycles. The summed E-state index contributed by atoms with van der Waals surface area (Å²) in [5, 5.41) is 0. The van der Waals surface area contributed by atoms with E-state index < -0.39 is 0 Å². The van der Waals surface area contributed by atoms with Gasteiger partial charge in [0.2, 0.25) is 0 Å². The molecule has 0 amide bonds. The lowest BCUT2D eigenvalue weighted by molar-refractivity contribution is 0.142. The molecule has 1 atom stereocenters. The van der Waals surface area contributed by atoms with Crippen LogP contribution in [0.2, 0.25) is 0 Å². The van der Waals surface area contributed by atoms with Crippen LogP contribution < -0.4 is 5.73 Å². The van der Waals surface area contributed by atoms with E-state index in [1.807, 2.05) is 6.07 Å². The Balaban J connectivity index is 1.78. The summed E-state index contributed by atoms with van der Waals surface area (Å²) in [6, 6.07) is 9.15. The Labute approximate surface area is 131 Å². The van der Waals surface area contributed by atoms with E-state index in [1.165, 1.54) is 31.5 Å². The molecule has 1 unspecified atom stereocenters. The predicted octanol–water partition coefficient (Wildman–Crippen LogP) is 2.87. The SMILES string of the molecule is CN(C)C1CCN(CCC(N)c2ccccc2Br)CC1. The first-order valence-electron chi connectivity index (χ1n) is 7.46. The van der Waals surface area contributed by atoms with Crippen LogP contribution in [-0.2, 0) is 0 Å². The Bertz CT molecular complexity index is 414. The first kappa shape index (κ1) is 16.0. The number of benzene rings is 1. The number of hydrogen-bond donors (Lipinski definition) is 1. The van der Waals surface area contributed by atoms with Crippen LogP contribution in [0.3, 0.4) is 0 Å². The molecule has 0 bridgehead atoms. The monoisotopic (exact) mass is 339 g/mol. The zero-order chi connectivity index (χ0) is 14.5. The topological polar surface area (TPSA) is 32.5 Å². The second kappa shape index (κ2) is 7.55.